The molecule has 2 aromatic carbocycles. The molecule has 0 radical (unpaired) electrons. The van der Waals surface area contributed by atoms with Crippen molar-refractivity contribution in [3.05, 3.63) is 122 Å². The molecule has 0 saturated heterocycles. The number of halogens is 7. The zero-order chi connectivity index (χ0) is 44.7. The Balaban J connectivity index is 1.22. The fraction of sp³-hybridized carbons (Fsp3) is 0.282. The maximum atomic E-state index is 15.5. The van der Waals surface area contributed by atoms with Gasteiger partial charge in [0.05, 0.1) is 39.3 Å². The van der Waals surface area contributed by atoms with Crippen molar-refractivity contribution < 1.29 is 44.3 Å². The molecule has 1 fully saturated rings. The van der Waals surface area contributed by atoms with Gasteiger partial charge in [-0.2, -0.15) is 24.0 Å². The van der Waals surface area contributed by atoms with Crippen molar-refractivity contribution in [3.8, 4) is 11.6 Å². The van der Waals surface area contributed by atoms with E-state index in [9.17, 15) is 35.6 Å². The van der Waals surface area contributed by atoms with E-state index in [2.05, 4.69) is 35.2 Å². The lowest BCUT2D eigenvalue weighted by molar-refractivity contribution is -0.123. The molecule has 0 bridgehead atoms. The summed E-state index contributed by atoms with van der Waals surface area (Å²) < 4.78 is 124. The lowest BCUT2D eigenvalue weighted by atomic mass is 10.0. The minimum atomic E-state index is -3.93. The van der Waals surface area contributed by atoms with Crippen molar-refractivity contribution in [3.63, 3.8) is 0 Å². The highest BCUT2D eigenvalue weighted by molar-refractivity contribution is 7.92. The number of sulfonamides is 1. The van der Waals surface area contributed by atoms with Gasteiger partial charge in [0.25, 0.3) is 17.9 Å². The highest BCUT2D eigenvalue weighted by Crippen LogP contribution is 2.68. The minimum Gasteiger partial charge on any atom is -0.469 e. The third-order valence-corrected chi connectivity index (χ3v) is 11.5. The van der Waals surface area contributed by atoms with Gasteiger partial charge in [-0.15, -0.1) is 0 Å². The molecule has 2 aliphatic carbocycles. The highest BCUT2D eigenvalue weighted by atomic mass is 35.5. The number of fused-ring (bicyclic) bond motifs is 5. The molecule has 7 aromatic rings. The fourth-order valence-corrected chi connectivity index (χ4v) is 8.80. The van der Waals surface area contributed by atoms with Crippen LogP contribution in [0, 0.1) is 17.6 Å². The predicted molar refractivity (Wildman–Crippen MR) is 212 cm³/mol. The van der Waals surface area contributed by atoms with Crippen molar-refractivity contribution in [1.82, 2.24) is 49.4 Å². The lowest BCUT2D eigenvalue weighted by Crippen LogP contribution is -2.38. The molecule has 2 N–H and O–H groups in total. The van der Waals surface area contributed by atoms with Crippen LogP contribution in [0.5, 0.6) is 5.88 Å². The number of nitrogens with one attached hydrogen (secondary N) is 2. The first kappa shape index (κ1) is 41.7. The summed E-state index contributed by atoms with van der Waals surface area (Å²) in [6, 6.07) is 7.98. The van der Waals surface area contributed by atoms with Gasteiger partial charge in [-0.05, 0) is 54.3 Å². The number of carbonyl (C=O) groups excluding carboxylic acids is 1. The van der Waals surface area contributed by atoms with Crippen molar-refractivity contribution in [2.45, 2.75) is 50.3 Å². The second-order valence-corrected chi connectivity index (χ2v) is 17.2. The molecule has 24 heteroatoms. The smallest absolute Gasteiger partial charge is 0.293 e. The fourth-order valence-electron chi connectivity index (χ4n) is 8.07. The average Bonchev–Trinajstić information content (AvgIpc) is 3.75. The van der Waals surface area contributed by atoms with Crippen LogP contribution in [0.1, 0.15) is 59.0 Å². The van der Waals surface area contributed by atoms with Gasteiger partial charge in [-0.3, -0.25) is 28.2 Å². The van der Waals surface area contributed by atoms with Gasteiger partial charge in [-0.25, -0.2) is 40.9 Å². The number of aryl methyl sites for hydroxylation is 1. The van der Waals surface area contributed by atoms with Crippen molar-refractivity contribution in [2.75, 3.05) is 11.0 Å². The lowest BCUT2D eigenvalue weighted by Gasteiger charge is -2.24. The summed E-state index contributed by atoms with van der Waals surface area (Å²) in [5.41, 5.74) is -3.09. The van der Waals surface area contributed by atoms with Gasteiger partial charge in [0.2, 0.25) is 21.8 Å². The summed E-state index contributed by atoms with van der Waals surface area (Å²) in [7, 11) is -2.50. The molecule has 16 nitrogen and oxygen atoms in total. The van der Waals surface area contributed by atoms with E-state index in [4.69, 9.17) is 21.3 Å². The predicted octanol–water partition coefficient (Wildman–Crippen LogP) is 5.78. The number of aromatic nitrogens is 9. The van der Waals surface area contributed by atoms with Crippen molar-refractivity contribution in [2.24, 2.45) is 13.0 Å². The first-order valence-electron chi connectivity index (χ1n) is 18.8. The van der Waals surface area contributed by atoms with Gasteiger partial charge in [0.1, 0.15) is 42.0 Å². The SMILES string of the molecule is Cn1nc(NS(C)(=O)=O)c2c(Cl)ccc(-n3c([C@H](Cc4cc(F)cc(F)c4)NC(=O)Cn4nc(C(F)F)c5c4C(F)(F)[C@@H]4C[C@H]54)nc4nc(OCc5ncccn5)ccc4c3=O)c21. The van der Waals surface area contributed by atoms with Gasteiger partial charge in [0.15, 0.2) is 17.3 Å². The number of benzene rings is 2. The molecule has 326 valence electrons. The zero-order valence-corrected chi connectivity index (χ0v) is 34.1. The zero-order valence-electron chi connectivity index (χ0n) is 32.5. The molecular formula is C39H30ClF6N11O5S. The van der Waals surface area contributed by atoms with E-state index in [-0.39, 0.29) is 74.3 Å². The maximum absolute atomic E-state index is 15.5. The number of pyridine rings is 1. The Morgan fingerprint density at radius 1 is 1.05 bits per heavy atom. The van der Waals surface area contributed by atoms with Gasteiger partial charge in [0, 0.05) is 49.5 Å². The monoisotopic (exact) mass is 913 g/mol. The first-order valence-corrected chi connectivity index (χ1v) is 21.1. The van der Waals surface area contributed by atoms with E-state index in [0.717, 1.165) is 23.0 Å². The molecule has 0 aliphatic heterocycles. The number of alkyl halides is 4. The molecule has 2 aliphatic rings. The Labute approximate surface area is 356 Å². The van der Waals surface area contributed by atoms with Crippen LogP contribution in [-0.2, 0) is 47.4 Å². The number of rotatable bonds is 13. The Kier molecular flexibility index (Phi) is 10.1. The largest absolute Gasteiger partial charge is 0.469 e. The molecular weight excluding hydrogens is 884 g/mol. The van der Waals surface area contributed by atoms with Crippen LogP contribution in [0.25, 0.3) is 27.6 Å². The van der Waals surface area contributed by atoms with Crippen LogP contribution >= 0.6 is 11.6 Å². The molecule has 0 spiro atoms. The normalized spacial score (nSPS) is 16.9. The van der Waals surface area contributed by atoms with Crippen LogP contribution in [0.4, 0.5) is 32.2 Å². The molecule has 1 saturated carbocycles. The molecule has 3 atom stereocenters. The quantitative estimate of drug-likeness (QED) is 0.133. The second kappa shape index (κ2) is 15.3. The number of anilines is 1. The molecule has 5 heterocycles. The standard InChI is InChI=1S/C39H30ClF6N11O5S/c1-55-32-25(6-5-23(40)30(32)36(53-55)54-63(2,60)61)57-37(51-35-20(38(57)59)4-7-28(50-35)62-16-26-47-8-3-9-48-26)24(12-17-10-18(41)13-19(42)11-17)49-27(58)15-56-33-29(31(52-56)34(43)44)21-14-22(21)39(33,45)46/h3-11,13,21-22,24,34H,12,14-16H2,1-2H3,(H,49,58)(H,53,54)/t21-,22+,24-/m0/s1. The van der Waals surface area contributed by atoms with Gasteiger partial charge >= 0.3 is 0 Å². The number of ether oxygens (including phenoxy) is 1. The Morgan fingerprint density at radius 3 is 2.48 bits per heavy atom. The summed E-state index contributed by atoms with van der Waals surface area (Å²) in [6.07, 6.45) is 0.131. The van der Waals surface area contributed by atoms with E-state index in [1.807, 2.05) is 0 Å². The Bertz CT molecular complexity index is 3170. The molecule has 63 heavy (non-hydrogen) atoms. The third kappa shape index (κ3) is 7.68. The van der Waals surface area contributed by atoms with E-state index in [0.29, 0.717) is 16.6 Å². The number of carbonyl (C=O) groups is 1. The van der Waals surface area contributed by atoms with Crippen LogP contribution < -0.4 is 20.3 Å². The maximum Gasteiger partial charge on any atom is 0.293 e. The molecule has 1 amide bonds. The van der Waals surface area contributed by atoms with Crippen molar-refractivity contribution in [1.29, 1.82) is 0 Å². The Morgan fingerprint density at radius 2 is 1.78 bits per heavy atom. The third-order valence-electron chi connectivity index (χ3n) is 10.6. The summed E-state index contributed by atoms with van der Waals surface area (Å²) in [5, 5.41) is 10.6. The number of hydrogen-bond donors (Lipinski definition) is 2. The second-order valence-electron chi connectivity index (χ2n) is 15.0. The van der Waals surface area contributed by atoms with E-state index in [1.54, 1.807) is 6.07 Å². The number of amides is 1. The van der Waals surface area contributed by atoms with E-state index in [1.165, 1.54) is 48.4 Å². The molecule has 0 unspecified atom stereocenters. The number of hydrogen-bond acceptors (Lipinski definition) is 11. The highest BCUT2D eigenvalue weighted by Gasteiger charge is 2.67. The van der Waals surface area contributed by atoms with Gasteiger partial charge < -0.3 is 10.1 Å². The summed E-state index contributed by atoms with van der Waals surface area (Å²) in [5.74, 6) is -9.04. The first-order chi connectivity index (χ1) is 29.9. The van der Waals surface area contributed by atoms with Gasteiger partial charge in [-0.1, -0.05) is 11.6 Å². The van der Waals surface area contributed by atoms with E-state index < -0.39 is 87.7 Å². The van der Waals surface area contributed by atoms with Crippen LogP contribution in [-0.4, -0.2) is 64.6 Å². The average molecular weight is 914 g/mol. The summed E-state index contributed by atoms with van der Waals surface area (Å²) in [4.78, 5) is 46.3. The van der Waals surface area contributed by atoms with E-state index >= 15 is 8.78 Å². The van der Waals surface area contributed by atoms with Crippen LogP contribution in [0.2, 0.25) is 5.02 Å². The minimum absolute atomic E-state index is 0.00616. The summed E-state index contributed by atoms with van der Waals surface area (Å²) >= 11 is 6.61. The Hall–Kier alpha value is -6.62. The molecule has 9 rings (SSSR count). The van der Waals surface area contributed by atoms with Crippen LogP contribution in [0.3, 0.4) is 0 Å². The number of nitrogens with zero attached hydrogens (tertiary/aromatic N) is 9. The summed E-state index contributed by atoms with van der Waals surface area (Å²) in [6.45, 7) is -1.16. The topological polar surface area (TPSA) is 194 Å². The van der Waals surface area contributed by atoms with Crippen molar-refractivity contribution >= 4 is 55.3 Å². The molecule has 5 aromatic heterocycles. The van der Waals surface area contributed by atoms with Crippen LogP contribution in [0.15, 0.2) is 65.7 Å².